The fourth-order valence-corrected chi connectivity index (χ4v) is 3.02. The number of benzene rings is 1. The summed E-state index contributed by atoms with van der Waals surface area (Å²) in [6, 6.07) is 6.45. The third-order valence-electron chi connectivity index (χ3n) is 4.31. The lowest BCUT2D eigenvalue weighted by Gasteiger charge is -2.35. The molecule has 1 fully saturated rings. The second kappa shape index (κ2) is 10.4. The Hall–Kier alpha value is -2.44. The lowest BCUT2D eigenvalue weighted by atomic mass is 10.2. The number of nitrogens with one attached hydrogen (secondary N) is 1. The minimum absolute atomic E-state index is 0. The van der Waals surface area contributed by atoms with Crippen LogP contribution >= 0.6 is 24.0 Å². The van der Waals surface area contributed by atoms with Crippen LogP contribution in [0.2, 0.25) is 0 Å². The molecule has 0 atom stereocenters. The van der Waals surface area contributed by atoms with Crippen molar-refractivity contribution in [3.63, 3.8) is 0 Å². The van der Waals surface area contributed by atoms with Gasteiger partial charge in [0.2, 0.25) is 5.91 Å². The third-order valence-corrected chi connectivity index (χ3v) is 4.31. The van der Waals surface area contributed by atoms with Crippen molar-refractivity contribution in [3.05, 3.63) is 42.2 Å². The predicted molar refractivity (Wildman–Crippen MR) is 116 cm³/mol. The van der Waals surface area contributed by atoms with Crippen molar-refractivity contribution in [2.75, 3.05) is 31.6 Å². The zero-order chi connectivity index (χ0) is 20.1. The van der Waals surface area contributed by atoms with Crippen molar-refractivity contribution < 1.29 is 18.3 Å². The van der Waals surface area contributed by atoms with Gasteiger partial charge in [-0.05, 0) is 17.7 Å². The molecule has 0 saturated carbocycles. The summed E-state index contributed by atoms with van der Waals surface area (Å²) in [6.45, 7) is -1.19. The summed E-state index contributed by atoms with van der Waals surface area (Å²) in [5, 5.41) is 7.26. The van der Waals surface area contributed by atoms with Crippen LogP contribution in [0.25, 0.3) is 0 Å². The highest BCUT2D eigenvalue weighted by atomic mass is 127. The molecule has 1 aliphatic rings. The number of piperazine rings is 1. The fourth-order valence-electron chi connectivity index (χ4n) is 3.02. The van der Waals surface area contributed by atoms with Crippen molar-refractivity contribution in [1.82, 2.24) is 20.0 Å². The maximum atomic E-state index is 12.5. The maximum absolute atomic E-state index is 12.5. The number of aromatic nitrogens is 2. The van der Waals surface area contributed by atoms with Gasteiger partial charge < -0.3 is 19.9 Å². The predicted octanol–water partition coefficient (Wildman–Crippen LogP) is 2.06. The van der Waals surface area contributed by atoms with Crippen molar-refractivity contribution in [2.45, 2.75) is 13.2 Å². The van der Waals surface area contributed by atoms with Crippen LogP contribution < -0.4 is 15.0 Å². The molecule has 1 saturated heterocycles. The van der Waals surface area contributed by atoms with Gasteiger partial charge in [-0.25, -0.2) is 0 Å². The number of guanidine groups is 1. The summed E-state index contributed by atoms with van der Waals surface area (Å²) < 4.78 is 30.8. The molecule has 158 valence electrons. The van der Waals surface area contributed by atoms with E-state index in [0.717, 1.165) is 11.3 Å². The highest BCUT2D eigenvalue weighted by molar-refractivity contribution is 14.0. The van der Waals surface area contributed by atoms with Crippen molar-refractivity contribution in [1.29, 1.82) is 0 Å². The largest absolute Gasteiger partial charge is 0.435 e. The molecule has 0 spiro atoms. The van der Waals surface area contributed by atoms with E-state index in [4.69, 9.17) is 0 Å². The summed E-state index contributed by atoms with van der Waals surface area (Å²) in [5.74, 6) is 0.624. The first-order chi connectivity index (χ1) is 13.5. The van der Waals surface area contributed by atoms with E-state index in [0.29, 0.717) is 25.6 Å². The van der Waals surface area contributed by atoms with Crippen LogP contribution in [-0.4, -0.2) is 59.8 Å². The summed E-state index contributed by atoms with van der Waals surface area (Å²) in [7, 11) is 3.44. The van der Waals surface area contributed by atoms with Gasteiger partial charge in [-0.1, -0.05) is 12.1 Å². The van der Waals surface area contributed by atoms with Gasteiger partial charge >= 0.3 is 6.61 Å². The van der Waals surface area contributed by atoms with E-state index >= 15 is 0 Å². The Morgan fingerprint density at radius 1 is 1.38 bits per heavy atom. The molecule has 0 bridgehead atoms. The number of rotatable bonds is 5. The van der Waals surface area contributed by atoms with Gasteiger partial charge in [-0.2, -0.15) is 13.9 Å². The molecule has 0 unspecified atom stereocenters. The molecule has 0 radical (unpaired) electrons. The van der Waals surface area contributed by atoms with E-state index in [9.17, 15) is 13.6 Å². The van der Waals surface area contributed by atoms with Crippen molar-refractivity contribution >= 4 is 41.5 Å². The van der Waals surface area contributed by atoms with E-state index in [1.165, 1.54) is 12.1 Å². The third kappa shape index (κ3) is 6.02. The Kier molecular flexibility index (Phi) is 8.17. The Morgan fingerprint density at radius 2 is 2.17 bits per heavy atom. The monoisotopic (exact) mass is 520 g/mol. The number of nitrogens with zero attached hydrogens (tertiary/aromatic N) is 5. The molecule has 1 aliphatic heterocycles. The summed E-state index contributed by atoms with van der Waals surface area (Å²) in [6.07, 6.45) is 3.46. The van der Waals surface area contributed by atoms with E-state index in [1.807, 2.05) is 4.90 Å². The molecule has 1 amide bonds. The van der Waals surface area contributed by atoms with Gasteiger partial charge in [-0.15, -0.1) is 24.0 Å². The number of aliphatic imine (C=N–C) groups is 1. The maximum Gasteiger partial charge on any atom is 0.387 e. The molecule has 0 aliphatic carbocycles. The molecule has 3 rings (SSSR count). The van der Waals surface area contributed by atoms with E-state index in [2.05, 4.69) is 20.1 Å². The van der Waals surface area contributed by atoms with Gasteiger partial charge in [0.1, 0.15) is 12.3 Å². The standard InChI is InChI=1S/C18H22F2N6O2.HI/c1-21-18(22-9-13-4-3-5-15(8-13)28-17(19)20)25-6-7-26(16(27)12-25)14-10-23-24(2)11-14;/h3-5,8,10-11,17H,6-7,9,12H2,1-2H3,(H,21,22);1H. The number of anilines is 1. The normalized spacial score (nSPS) is 14.8. The lowest BCUT2D eigenvalue weighted by Crippen LogP contribution is -2.55. The summed E-state index contributed by atoms with van der Waals surface area (Å²) in [4.78, 5) is 20.3. The lowest BCUT2D eigenvalue weighted by molar-refractivity contribution is -0.120. The molecule has 2 heterocycles. The number of carbonyl (C=O) groups is 1. The zero-order valence-corrected chi connectivity index (χ0v) is 18.4. The van der Waals surface area contributed by atoms with Crippen LogP contribution in [0, 0.1) is 0 Å². The van der Waals surface area contributed by atoms with Crippen LogP contribution in [0.1, 0.15) is 5.56 Å². The van der Waals surface area contributed by atoms with E-state index < -0.39 is 6.61 Å². The SMILES string of the molecule is CN=C(NCc1cccc(OC(F)F)c1)N1CCN(c2cnn(C)c2)C(=O)C1.I. The second-order valence-corrected chi connectivity index (χ2v) is 6.27. The number of hydrogen-bond donors (Lipinski definition) is 1. The molecule has 11 heteroatoms. The molecule has 1 aromatic carbocycles. The molecule has 29 heavy (non-hydrogen) atoms. The van der Waals surface area contributed by atoms with Gasteiger partial charge in [0.15, 0.2) is 5.96 Å². The quantitative estimate of drug-likeness (QED) is 0.372. The van der Waals surface area contributed by atoms with Crippen LogP contribution in [0.3, 0.4) is 0 Å². The second-order valence-electron chi connectivity index (χ2n) is 6.27. The number of aryl methyl sites for hydroxylation is 1. The Bertz CT molecular complexity index is 860. The molecule has 8 nitrogen and oxygen atoms in total. The van der Waals surface area contributed by atoms with Gasteiger partial charge in [0, 0.05) is 39.9 Å². The first-order valence-electron chi connectivity index (χ1n) is 8.74. The minimum Gasteiger partial charge on any atom is -0.435 e. The van der Waals surface area contributed by atoms with Crippen LogP contribution in [-0.2, 0) is 18.4 Å². The number of carbonyl (C=O) groups excluding carboxylic acids is 1. The van der Waals surface area contributed by atoms with Crippen LogP contribution in [0.15, 0.2) is 41.7 Å². The Labute approximate surface area is 184 Å². The minimum atomic E-state index is -2.86. The Morgan fingerprint density at radius 3 is 2.79 bits per heavy atom. The topological polar surface area (TPSA) is 75.0 Å². The average molecular weight is 520 g/mol. The van der Waals surface area contributed by atoms with Gasteiger partial charge in [-0.3, -0.25) is 14.5 Å². The average Bonchev–Trinajstić information content (AvgIpc) is 3.08. The number of amides is 1. The van der Waals surface area contributed by atoms with Crippen molar-refractivity contribution in [2.24, 2.45) is 12.0 Å². The smallest absolute Gasteiger partial charge is 0.387 e. The molecular weight excluding hydrogens is 497 g/mol. The molecule has 2 aromatic rings. The first-order valence-corrected chi connectivity index (χ1v) is 8.74. The highest BCUT2D eigenvalue weighted by Gasteiger charge is 2.27. The van der Waals surface area contributed by atoms with E-state index in [1.54, 1.807) is 48.2 Å². The van der Waals surface area contributed by atoms with Crippen LogP contribution in [0.4, 0.5) is 14.5 Å². The van der Waals surface area contributed by atoms with Crippen molar-refractivity contribution in [3.8, 4) is 5.75 Å². The van der Waals surface area contributed by atoms with Gasteiger partial charge in [0.05, 0.1) is 11.9 Å². The van der Waals surface area contributed by atoms with Gasteiger partial charge in [0.25, 0.3) is 0 Å². The molecule has 1 aromatic heterocycles. The highest BCUT2D eigenvalue weighted by Crippen LogP contribution is 2.17. The number of hydrogen-bond acceptors (Lipinski definition) is 4. The molecule has 1 N–H and O–H groups in total. The first kappa shape index (κ1) is 22.8. The number of alkyl halides is 2. The zero-order valence-electron chi connectivity index (χ0n) is 16.1. The molecular formula is C18H23F2IN6O2. The fraction of sp³-hybridized carbons (Fsp3) is 0.389. The van der Waals surface area contributed by atoms with Crippen LogP contribution in [0.5, 0.6) is 5.75 Å². The Balaban J connectivity index is 0.00000300. The van der Waals surface area contributed by atoms with E-state index in [-0.39, 0.29) is 42.2 Å². The number of ether oxygens (including phenoxy) is 1. The summed E-state index contributed by atoms with van der Waals surface area (Å²) >= 11 is 0. The number of halogens is 3. The summed E-state index contributed by atoms with van der Waals surface area (Å²) in [5.41, 5.74) is 1.53.